The molecule has 0 aliphatic carbocycles. The van der Waals surface area contributed by atoms with Gasteiger partial charge in [0.05, 0.1) is 0 Å². The van der Waals surface area contributed by atoms with Gasteiger partial charge in [-0.25, -0.2) is 0 Å². The van der Waals surface area contributed by atoms with Gasteiger partial charge in [-0.15, -0.1) is 0 Å². The van der Waals surface area contributed by atoms with Crippen LogP contribution in [0.3, 0.4) is 0 Å². The number of hydrogen-bond donors (Lipinski definition) is 0. The maximum absolute atomic E-state index is 5.05. The van der Waals surface area contributed by atoms with Gasteiger partial charge in [0.1, 0.15) is 0 Å². The predicted octanol–water partition coefficient (Wildman–Crippen LogP) is 2.97. The molecule has 0 aromatic rings. The molecule has 68 valence electrons. The average Bonchev–Trinajstić information content (AvgIpc) is 2.10. The first-order chi connectivity index (χ1) is 5.91. The van der Waals surface area contributed by atoms with Crippen LogP contribution < -0.4 is 0 Å². The molecule has 0 saturated carbocycles. The molecule has 0 amide bonds. The van der Waals surface area contributed by atoms with E-state index in [0.29, 0.717) is 0 Å². The zero-order chi connectivity index (χ0) is 9.07. The summed E-state index contributed by atoms with van der Waals surface area (Å²) in [7, 11) is 0. The third-order valence-corrected chi connectivity index (χ3v) is 4.40. The van der Waals surface area contributed by atoms with Crippen LogP contribution in [0, 0.1) is 0 Å². The molecule has 12 heavy (non-hydrogen) atoms. The zero-order valence-electron chi connectivity index (χ0n) is 8.05. The van der Waals surface area contributed by atoms with Crippen LogP contribution in [0.5, 0.6) is 0 Å². The second-order valence-corrected chi connectivity index (χ2v) is 5.99. The van der Waals surface area contributed by atoms with Gasteiger partial charge in [0, 0.05) is 0 Å². The van der Waals surface area contributed by atoms with E-state index in [1.54, 1.807) is 6.26 Å². The van der Waals surface area contributed by atoms with Gasteiger partial charge < -0.3 is 0 Å². The van der Waals surface area contributed by atoms with Crippen molar-refractivity contribution in [2.75, 3.05) is 6.61 Å². The number of allylic oxidation sites excluding steroid dienone is 2. The Morgan fingerprint density at radius 1 is 1.25 bits per heavy atom. The molecule has 0 bridgehead atoms. The zero-order valence-corrected chi connectivity index (χ0v) is 10.9. The van der Waals surface area contributed by atoms with Gasteiger partial charge in [-0.2, -0.15) is 0 Å². The van der Waals surface area contributed by atoms with Crippen molar-refractivity contribution < 1.29 is 4.74 Å². The fraction of sp³-hybridized carbons (Fsp3) is 0.600. The topological polar surface area (TPSA) is 9.23 Å². The molecule has 1 nitrogen and oxygen atoms in total. The summed E-state index contributed by atoms with van der Waals surface area (Å²) in [5, 5.41) is 0. The van der Waals surface area contributed by atoms with Gasteiger partial charge >= 0.3 is 86.1 Å². The van der Waals surface area contributed by atoms with E-state index in [9.17, 15) is 0 Å². The molecule has 0 aromatic heterocycles. The predicted molar refractivity (Wildman–Crippen MR) is 55.4 cm³/mol. The molecule has 0 saturated heterocycles. The molecule has 2 heteroatoms. The molecule has 0 heterocycles. The van der Waals surface area contributed by atoms with E-state index in [4.69, 9.17) is 4.74 Å². The van der Waals surface area contributed by atoms with Crippen molar-refractivity contribution in [3.63, 3.8) is 0 Å². The minimum atomic E-state index is -0.169. The fourth-order valence-corrected chi connectivity index (χ4v) is 3.46. The molecule has 0 rings (SSSR count). The van der Waals surface area contributed by atoms with Crippen molar-refractivity contribution in [3.8, 4) is 0 Å². The molecule has 0 aliphatic rings. The van der Waals surface area contributed by atoms with Crippen LogP contribution in [0.15, 0.2) is 22.5 Å². The van der Waals surface area contributed by atoms with Crippen molar-refractivity contribution in [1.29, 1.82) is 0 Å². The van der Waals surface area contributed by atoms with Gasteiger partial charge in [-0.1, -0.05) is 0 Å². The second-order valence-electron chi connectivity index (χ2n) is 2.45. The van der Waals surface area contributed by atoms with Gasteiger partial charge in [0.2, 0.25) is 0 Å². The number of rotatable bonds is 7. The summed E-state index contributed by atoms with van der Waals surface area (Å²) < 4.78 is 8.88. The molecule has 0 fully saturated rings. The van der Waals surface area contributed by atoms with Crippen LogP contribution in [0.2, 0.25) is 4.44 Å². The molecule has 0 unspecified atom stereocenters. The Labute approximate surface area is 86.1 Å². The van der Waals surface area contributed by atoms with Gasteiger partial charge in [-0.05, 0) is 0 Å². The number of unbranched alkanes of at least 4 members (excludes halogenated alkanes) is 1. The van der Waals surface area contributed by atoms with E-state index >= 15 is 0 Å². The summed E-state index contributed by atoms with van der Waals surface area (Å²) in [5.41, 5.74) is 0. The summed E-state index contributed by atoms with van der Waals surface area (Å²) in [5.74, 6) is 0. The van der Waals surface area contributed by atoms with Crippen LogP contribution in [0.4, 0.5) is 0 Å². The summed E-state index contributed by atoms with van der Waals surface area (Å²) >= 11 is -0.169. The molecule has 0 N–H and O–H groups in total. The molecule has 0 aromatic carbocycles. The first-order valence-electron chi connectivity index (χ1n) is 4.58. The van der Waals surface area contributed by atoms with Gasteiger partial charge in [-0.3, -0.25) is 0 Å². The van der Waals surface area contributed by atoms with Gasteiger partial charge in [0.25, 0.3) is 0 Å². The van der Waals surface area contributed by atoms with Crippen LogP contribution in [0.25, 0.3) is 0 Å². The average molecular weight is 273 g/mol. The standard InChI is InChI=1S/C6H9O.C4H9.Sn/c1-3-5-6-7-4-2;1-3-4-2;/h1,3,5-6H,4H2,2H3;1,3-4H2,2H3;. The first kappa shape index (κ1) is 12.1. The molecular formula is C10H18OSn. The summed E-state index contributed by atoms with van der Waals surface area (Å²) in [6, 6.07) is 0. The fourth-order valence-electron chi connectivity index (χ4n) is 0.683. The Balaban J connectivity index is 3.13. The van der Waals surface area contributed by atoms with E-state index in [2.05, 4.69) is 17.1 Å². The Morgan fingerprint density at radius 2 is 2.08 bits per heavy atom. The van der Waals surface area contributed by atoms with Crippen LogP contribution in [0.1, 0.15) is 26.7 Å². The molecule has 2 radical (unpaired) electrons. The van der Waals surface area contributed by atoms with Crippen molar-refractivity contribution in [3.05, 3.63) is 22.5 Å². The molecule has 0 aliphatic heterocycles. The Kier molecular flexibility index (Phi) is 11.2. The number of hydrogen-bond acceptors (Lipinski definition) is 1. The maximum atomic E-state index is 5.05. The summed E-state index contributed by atoms with van der Waals surface area (Å²) in [6.07, 6.45) is 8.61. The minimum absolute atomic E-state index is 0.169. The second kappa shape index (κ2) is 11.1. The third kappa shape index (κ3) is 10.1. The van der Waals surface area contributed by atoms with Crippen molar-refractivity contribution in [2.45, 2.75) is 31.1 Å². The summed E-state index contributed by atoms with van der Waals surface area (Å²) in [6.45, 7) is 5.00. The van der Waals surface area contributed by atoms with Gasteiger partial charge in [0.15, 0.2) is 0 Å². The van der Waals surface area contributed by atoms with Crippen molar-refractivity contribution >= 4 is 21.1 Å². The Bertz CT molecular complexity index is 130. The molecule has 0 spiro atoms. The normalized spacial score (nSPS) is 11.5. The SMILES string of the molecule is CCC[CH2][Sn][CH]=CC=COCC. The van der Waals surface area contributed by atoms with E-state index in [0.717, 1.165) is 6.61 Å². The quantitative estimate of drug-likeness (QED) is 0.300. The first-order valence-corrected chi connectivity index (χ1v) is 8.25. The molecule has 0 atom stereocenters. The van der Waals surface area contributed by atoms with Crippen molar-refractivity contribution in [1.82, 2.24) is 0 Å². The van der Waals surface area contributed by atoms with E-state index in [-0.39, 0.29) is 21.1 Å². The Morgan fingerprint density at radius 3 is 2.75 bits per heavy atom. The molecular weight excluding hydrogens is 255 g/mol. The summed E-state index contributed by atoms with van der Waals surface area (Å²) in [4.78, 5) is 0. The Hall–Kier alpha value is 0.0787. The van der Waals surface area contributed by atoms with Crippen LogP contribution in [-0.2, 0) is 4.74 Å². The van der Waals surface area contributed by atoms with Crippen LogP contribution in [-0.4, -0.2) is 27.7 Å². The van der Waals surface area contributed by atoms with E-state index in [1.807, 2.05) is 13.0 Å². The van der Waals surface area contributed by atoms with E-state index < -0.39 is 0 Å². The van der Waals surface area contributed by atoms with Crippen molar-refractivity contribution in [2.24, 2.45) is 0 Å². The third-order valence-electron chi connectivity index (χ3n) is 1.34. The number of ether oxygens (including phenoxy) is 1. The monoisotopic (exact) mass is 274 g/mol. The van der Waals surface area contributed by atoms with E-state index in [1.165, 1.54) is 17.3 Å². The van der Waals surface area contributed by atoms with Crippen LogP contribution >= 0.6 is 0 Å².